The van der Waals surface area contributed by atoms with E-state index in [2.05, 4.69) is 30.9 Å². The second-order valence-corrected chi connectivity index (χ2v) is 6.86. The molecule has 1 saturated carbocycles. The SMILES string of the molecule is CCC1CCCC2(CC1)NC(C)CCS2. The second kappa shape index (κ2) is 5.09. The van der Waals surface area contributed by atoms with Crippen LogP contribution in [0.3, 0.4) is 0 Å². The molecule has 1 aliphatic heterocycles. The van der Waals surface area contributed by atoms with Crippen molar-refractivity contribution < 1.29 is 0 Å². The number of hydrogen-bond donors (Lipinski definition) is 1. The maximum atomic E-state index is 3.88. The van der Waals surface area contributed by atoms with Crippen LogP contribution in [0.4, 0.5) is 0 Å². The molecule has 88 valence electrons. The molecule has 2 fully saturated rings. The van der Waals surface area contributed by atoms with Crippen LogP contribution in [0, 0.1) is 5.92 Å². The van der Waals surface area contributed by atoms with Crippen molar-refractivity contribution in [1.82, 2.24) is 5.32 Å². The minimum absolute atomic E-state index is 0.460. The lowest BCUT2D eigenvalue weighted by Gasteiger charge is -2.40. The Morgan fingerprint density at radius 2 is 2.13 bits per heavy atom. The van der Waals surface area contributed by atoms with Gasteiger partial charge in [-0.25, -0.2) is 0 Å². The van der Waals surface area contributed by atoms with Gasteiger partial charge in [-0.05, 0) is 44.3 Å². The molecular weight excluding hydrogens is 202 g/mol. The molecule has 2 rings (SSSR count). The van der Waals surface area contributed by atoms with E-state index >= 15 is 0 Å². The second-order valence-electron chi connectivity index (χ2n) is 5.38. The topological polar surface area (TPSA) is 12.0 Å². The van der Waals surface area contributed by atoms with Gasteiger partial charge < -0.3 is 5.32 Å². The Bertz CT molecular complexity index is 207. The predicted molar refractivity (Wildman–Crippen MR) is 69.3 cm³/mol. The fourth-order valence-electron chi connectivity index (χ4n) is 3.07. The number of thioether (sulfide) groups is 1. The lowest BCUT2D eigenvalue weighted by atomic mass is 9.97. The summed E-state index contributed by atoms with van der Waals surface area (Å²) in [7, 11) is 0. The molecule has 2 heteroatoms. The highest BCUT2D eigenvalue weighted by molar-refractivity contribution is 8.00. The molecule has 2 aliphatic rings. The maximum Gasteiger partial charge on any atom is 0.0647 e. The van der Waals surface area contributed by atoms with Crippen molar-refractivity contribution in [1.29, 1.82) is 0 Å². The van der Waals surface area contributed by atoms with E-state index in [1.165, 1.54) is 50.7 Å². The summed E-state index contributed by atoms with van der Waals surface area (Å²) >= 11 is 2.20. The summed E-state index contributed by atoms with van der Waals surface area (Å²) in [6.07, 6.45) is 9.89. The van der Waals surface area contributed by atoms with Crippen molar-refractivity contribution in [3.8, 4) is 0 Å². The van der Waals surface area contributed by atoms with Crippen LogP contribution in [0.25, 0.3) is 0 Å². The summed E-state index contributed by atoms with van der Waals surface area (Å²) < 4.78 is 0. The molecule has 15 heavy (non-hydrogen) atoms. The minimum atomic E-state index is 0.460. The average molecular weight is 227 g/mol. The molecule has 1 spiro atoms. The number of rotatable bonds is 1. The van der Waals surface area contributed by atoms with Gasteiger partial charge in [0.1, 0.15) is 0 Å². The van der Waals surface area contributed by atoms with E-state index in [9.17, 15) is 0 Å². The molecule has 1 heterocycles. The predicted octanol–water partition coefficient (Wildman–Crippen LogP) is 3.79. The molecule has 1 saturated heterocycles. The van der Waals surface area contributed by atoms with Crippen molar-refractivity contribution in [2.45, 2.75) is 69.7 Å². The van der Waals surface area contributed by atoms with Crippen LogP contribution < -0.4 is 5.32 Å². The summed E-state index contributed by atoms with van der Waals surface area (Å²) in [6.45, 7) is 4.70. The Kier molecular flexibility index (Phi) is 4.00. The third kappa shape index (κ3) is 2.91. The van der Waals surface area contributed by atoms with E-state index in [4.69, 9.17) is 0 Å². The lowest BCUT2D eigenvalue weighted by molar-refractivity contribution is 0.346. The van der Waals surface area contributed by atoms with E-state index < -0.39 is 0 Å². The van der Waals surface area contributed by atoms with Crippen molar-refractivity contribution >= 4 is 11.8 Å². The van der Waals surface area contributed by atoms with E-state index in [0.717, 1.165) is 12.0 Å². The zero-order chi connectivity index (χ0) is 10.7. The molecule has 0 aromatic carbocycles. The Hall–Kier alpha value is 0.310. The summed E-state index contributed by atoms with van der Waals surface area (Å²) in [5, 5.41) is 3.88. The zero-order valence-electron chi connectivity index (χ0n) is 10.2. The van der Waals surface area contributed by atoms with E-state index in [1.54, 1.807) is 0 Å². The van der Waals surface area contributed by atoms with Gasteiger partial charge in [-0.2, -0.15) is 0 Å². The fourth-order valence-corrected chi connectivity index (χ4v) is 4.77. The highest BCUT2D eigenvalue weighted by atomic mass is 32.2. The standard InChI is InChI=1S/C13H25NS/c1-3-12-5-4-8-13(9-6-12)14-11(2)7-10-15-13/h11-12,14H,3-10H2,1-2H3. The Balaban J connectivity index is 1.96. The van der Waals surface area contributed by atoms with Crippen molar-refractivity contribution in [2.75, 3.05) is 5.75 Å². The molecule has 3 atom stereocenters. The van der Waals surface area contributed by atoms with Crippen molar-refractivity contribution in [3.05, 3.63) is 0 Å². The first-order chi connectivity index (χ1) is 7.24. The minimum Gasteiger partial charge on any atom is -0.300 e. The van der Waals surface area contributed by atoms with Gasteiger partial charge in [-0.15, -0.1) is 11.8 Å². The van der Waals surface area contributed by atoms with Gasteiger partial charge in [-0.3, -0.25) is 0 Å². The van der Waals surface area contributed by atoms with Crippen molar-refractivity contribution in [2.24, 2.45) is 5.92 Å². The van der Waals surface area contributed by atoms with Gasteiger partial charge in [0.2, 0.25) is 0 Å². The monoisotopic (exact) mass is 227 g/mol. The number of nitrogens with one attached hydrogen (secondary N) is 1. The van der Waals surface area contributed by atoms with E-state index in [1.807, 2.05) is 0 Å². The maximum absolute atomic E-state index is 3.88. The molecular formula is C13H25NS. The quantitative estimate of drug-likeness (QED) is 0.731. The first-order valence-corrected chi connectivity index (χ1v) is 7.64. The van der Waals surface area contributed by atoms with Gasteiger partial charge in [0.15, 0.2) is 0 Å². The third-order valence-corrected chi connectivity index (χ3v) is 5.68. The van der Waals surface area contributed by atoms with Gasteiger partial charge >= 0.3 is 0 Å². The van der Waals surface area contributed by atoms with Crippen LogP contribution in [0.15, 0.2) is 0 Å². The van der Waals surface area contributed by atoms with E-state index in [-0.39, 0.29) is 0 Å². The highest BCUT2D eigenvalue weighted by Gasteiger charge is 2.36. The Morgan fingerprint density at radius 1 is 1.27 bits per heavy atom. The van der Waals surface area contributed by atoms with Crippen molar-refractivity contribution in [3.63, 3.8) is 0 Å². The van der Waals surface area contributed by atoms with Gasteiger partial charge in [0.25, 0.3) is 0 Å². The first kappa shape index (κ1) is 11.8. The fraction of sp³-hybridized carbons (Fsp3) is 1.00. The van der Waals surface area contributed by atoms with Gasteiger partial charge in [0, 0.05) is 6.04 Å². The number of hydrogen-bond acceptors (Lipinski definition) is 2. The first-order valence-electron chi connectivity index (χ1n) is 6.66. The smallest absolute Gasteiger partial charge is 0.0647 e. The summed E-state index contributed by atoms with van der Waals surface area (Å²) in [6, 6.07) is 0.740. The summed E-state index contributed by atoms with van der Waals surface area (Å²) in [5.74, 6) is 2.37. The molecule has 0 bridgehead atoms. The zero-order valence-corrected chi connectivity index (χ0v) is 11.0. The molecule has 1 N–H and O–H groups in total. The summed E-state index contributed by atoms with van der Waals surface area (Å²) in [4.78, 5) is 0.460. The third-order valence-electron chi connectivity index (χ3n) is 4.17. The molecule has 0 aromatic heterocycles. The van der Waals surface area contributed by atoms with Crippen LogP contribution >= 0.6 is 11.8 Å². The van der Waals surface area contributed by atoms with Crippen LogP contribution in [-0.2, 0) is 0 Å². The Labute approximate surface area is 98.8 Å². The van der Waals surface area contributed by atoms with Gasteiger partial charge in [-0.1, -0.05) is 26.2 Å². The molecule has 0 amide bonds. The summed E-state index contributed by atoms with van der Waals surface area (Å²) in [5.41, 5.74) is 0. The van der Waals surface area contributed by atoms with Crippen LogP contribution in [0.1, 0.15) is 58.8 Å². The highest BCUT2D eigenvalue weighted by Crippen LogP contribution is 2.41. The lowest BCUT2D eigenvalue weighted by Crippen LogP contribution is -2.50. The normalized spacial score (nSPS) is 42.8. The average Bonchev–Trinajstić information content (AvgIpc) is 2.41. The molecule has 1 nitrogen and oxygen atoms in total. The van der Waals surface area contributed by atoms with E-state index in [0.29, 0.717) is 4.87 Å². The molecule has 0 radical (unpaired) electrons. The van der Waals surface area contributed by atoms with Crippen LogP contribution in [-0.4, -0.2) is 16.7 Å². The molecule has 0 aromatic rings. The van der Waals surface area contributed by atoms with Crippen LogP contribution in [0.2, 0.25) is 0 Å². The Morgan fingerprint density at radius 3 is 2.87 bits per heavy atom. The molecule has 3 unspecified atom stereocenters. The molecule has 1 aliphatic carbocycles. The van der Waals surface area contributed by atoms with Crippen LogP contribution in [0.5, 0.6) is 0 Å². The van der Waals surface area contributed by atoms with Gasteiger partial charge in [0.05, 0.1) is 4.87 Å². The largest absolute Gasteiger partial charge is 0.300 e.